The van der Waals surface area contributed by atoms with Crippen molar-refractivity contribution in [1.82, 2.24) is 9.55 Å². The number of imidazole rings is 1. The number of hydrogen-bond acceptors (Lipinski definition) is 3. The molecule has 3 aromatic carbocycles. The minimum absolute atomic E-state index is 0.207. The summed E-state index contributed by atoms with van der Waals surface area (Å²) in [4.78, 5) is 9.05. The molecule has 1 N–H and O–H groups in total. The van der Waals surface area contributed by atoms with Gasteiger partial charge in [0.15, 0.2) is 0 Å². The molecule has 4 rings (SSSR count). The van der Waals surface area contributed by atoms with Gasteiger partial charge in [-0.2, -0.15) is 0 Å². The van der Waals surface area contributed by atoms with Crippen molar-refractivity contribution in [3.05, 3.63) is 64.6 Å². The van der Waals surface area contributed by atoms with Crippen LogP contribution in [0.25, 0.3) is 21.8 Å². The van der Waals surface area contributed by atoms with Gasteiger partial charge in [-0.25, -0.2) is 9.98 Å². The van der Waals surface area contributed by atoms with Crippen molar-refractivity contribution in [3.8, 4) is 5.75 Å². The number of aliphatic imine (C=N–C) groups is 1. The van der Waals surface area contributed by atoms with Gasteiger partial charge in [0.05, 0.1) is 11.0 Å². The van der Waals surface area contributed by atoms with E-state index in [1.165, 1.54) is 0 Å². The highest BCUT2D eigenvalue weighted by Gasteiger charge is 2.08. The van der Waals surface area contributed by atoms with Crippen LogP contribution in [0, 0.1) is 0 Å². The number of aryl methyl sites for hydroxylation is 1. The molecule has 0 saturated carbocycles. The standard InChI is InChI=1S/C19H14BrN3O/c1-23-17-10-13(20)7-8-16(17)22-19(23)21-11-15-14-5-3-2-4-12(14)6-9-18(15)24/h2-11,24H,1H3. The Morgan fingerprint density at radius 2 is 1.96 bits per heavy atom. The minimum atomic E-state index is 0.207. The van der Waals surface area contributed by atoms with Crippen LogP contribution < -0.4 is 0 Å². The predicted octanol–water partition coefficient (Wildman–Crippen LogP) is 4.95. The average Bonchev–Trinajstić information content (AvgIpc) is 2.90. The molecule has 1 heterocycles. The smallest absolute Gasteiger partial charge is 0.230 e. The summed E-state index contributed by atoms with van der Waals surface area (Å²) in [5, 5.41) is 12.2. The summed E-state index contributed by atoms with van der Waals surface area (Å²) in [6, 6.07) is 17.4. The lowest BCUT2D eigenvalue weighted by molar-refractivity contribution is 0.475. The summed E-state index contributed by atoms with van der Waals surface area (Å²) >= 11 is 3.48. The zero-order chi connectivity index (χ0) is 16.7. The fraction of sp³-hybridized carbons (Fsp3) is 0.0526. The second-order valence-corrected chi connectivity index (χ2v) is 6.50. The molecular formula is C19H14BrN3O. The summed E-state index contributed by atoms with van der Waals surface area (Å²) in [6.07, 6.45) is 1.67. The second kappa shape index (κ2) is 5.76. The van der Waals surface area contributed by atoms with Crippen molar-refractivity contribution in [2.45, 2.75) is 0 Å². The molecule has 0 radical (unpaired) electrons. The largest absolute Gasteiger partial charge is 0.507 e. The molecule has 0 aliphatic heterocycles. The first-order valence-electron chi connectivity index (χ1n) is 7.50. The van der Waals surface area contributed by atoms with Crippen LogP contribution in [0.5, 0.6) is 5.75 Å². The number of phenols is 1. The summed E-state index contributed by atoms with van der Waals surface area (Å²) in [5.41, 5.74) is 2.58. The van der Waals surface area contributed by atoms with Crippen LogP contribution in [-0.4, -0.2) is 20.9 Å². The number of benzene rings is 3. The molecule has 1 aromatic heterocycles. The molecule has 0 amide bonds. The molecule has 0 unspecified atom stereocenters. The topological polar surface area (TPSA) is 50.4 Å². The number of phenolic OH excluding ortho intramolecular Hbond substituents is 1. The average molecular weight is 380 g/mol. The van der Waals surface area contributed by atoms with E-state index in [9.17, 15) is 5.11 Å². The molecule has 0 saturated heterocycles. The Morgan fingerprint density at radius 1 is 1.12 bits per heavy atom. The summed E-state index contributed by atoms with van der Waals surface area (Å²) in [7, 11) is 1.93. The van der Waals surface area contributed by atoms with Crippen molar-refractivity contribution < 1.29 is 5.11 Å². The van der Waals surface area contributed by atoms with E-state index in [-0.39, 0.29) is 5.75 Å². The van der Waals surface area contributed by atoms with Gasteiger partial charge in [-0.3, -0.25) is 0 Å². The quantitative estimate of drug-likeness (QED) is 0.501. The van der Waals surface area contributed by atoms with Crippen molar-refractivity contribution in [2.24, 2.45) is 12.0 Å². The number of aromatic nitrogens is 2. The third-order valence-electron chi connectivity index (χ3n) is 4.08. The molecule has 0 spiro atoms. The maximum Gasteiger partial charge on any atom is 0.230 e. The zero-order valence-electron chi connectivity index (χ0n) is 12.9. The van der Waals surface area contributed by atoms with Gasteiger partial charge in [-0.15, -0.1) is 0 Å². The summed E-state index contributed by atoms with van der Waals surface area (Å²) in [6.45, 7) is 0. The monoisotopic (exact) mass is 379 g/mol. The van der Waals surface area contributed by atoms with Gasteiger partial charge in [-0.1, -0.05) is 46.3 Å². The Morgan fingerprint density at radius 3 is 2.83 bits per heavy atom. The van der Waals surface area contributed by atoms with Gasteiger partial charge in [0, 0.05) is 23.3 Å². The van der Waals surface area contributed by atoms with Gasteiger partial charge in [0.25, 0.3) is 0 Å². The second-order valence-electron chi connectivity index (χ2n) is 5.58. The van der Waals surface area contributed by atoms with Gasteiger partial charge < -0.3 is 9.67 Å². The van der Waals surface area contributed by atoms with Crippen molar-refractivity contribution in [3.63, 3.8) is 0 Å². The molecule has 0 atom stereocenters. The van der Waals surface area contributed by atoms with E-state index in [1.807, 2.05) is 60.1 Å². The maximum absolute atomic E-state index is 10.2. The van der Waals surface area contributed by atoms with Crippen LogP contribution in [0.2, 0.25) is 0 Å². The van der Waals surface area contributed by atoms with E-state index in [1.54, 1.807) is 12.3 Å². The SMILES string of the molecule is Cn1c(N=Cc2c(O)ccc3ccccc23)nc2ccc(Br)cc21. The van der Waals surface area contributed by atoms with Crippen LogP contribution in [0.3, 0.4) is 0 Å². The van der Waals surface area contributed by atoms with Gasteiger partial charge in [0.2, 0.25) is 5.95 Å². The summed E-state index contributed by atoms with van der Waals surface area (Å²) < 4.78 is 2.93. The first-order chi connectivity index (χ1) is 11.6. The van der Waals surface area contributed by atoms with Crippen LogP contribution in [0.1, 0.15) is 5.56 Å². The Hall–Kier alpha value is -2.66. The lowest BCUT2D eigenvalue weighted by Gasteiger charge is -2.04. The molecule has 24 heavy (non-hydrogen) atoms. The summed E-state index contributed by atoms with van der Waals surface area (Å²) in [5.74, 6) is 0.800. The molecule has 4 nitrogen and oxygen atoms in total. The molecule has 5 heteroatoms. The van der Waals surface area contributed by atoms with Crippen molar-refractivity contribution in [1.29, 1.82) is 0 Å². The zero-order valence-corrected chi connectivity index (χ0v) is 14.5. The Balaban J connectivity index is 1.84. The predicted molar refractivity (Wildman–Crippen MR) is 101 cm³/mol. The number of rotatable bonds is 2. The number of aromatic hydroxyl groups is 1. The van der Waals surface area contributed by atoms with E-state index >= 15 is 0 Å². The molecule has 118 valence electrons. The number of fused-ring (bicyclic) bond motifs is 2. The van der Waals surface area contributed by atoms with Crippen molar-refractivity contribution >= 4 is 49.9 Å². The molecule has 0 aliphatic carbocycles. The van der Waals surface area contributed by atoms with Gasteiger partial charge in [-0.05, 0) is 35.0 Å². The Bertz CT molecular complexity index is 1100. The highest BCUT2D eigenvalue weighted by atomic mass is 79.9. The van der Waals surface area contributed by atoms with Crippen LogP contribution in [0.4, 0.5) is 5.95 Å². The van der Waals surface area contributed by atoms with E-state index in [2.05, 4.69) is 25.9 Å². The molecule has 0 bridgehead atoms. The minimum Gasteiger partial charge on any atom is -0.507 e. The lowest BCUT2D eigenvalue weighted by atomic mass is 10.0. The Kier molecular flexibility index (Phi) is 3.58. The third kappa shape index (κ3) is 2.47. The van der Waals surface area contributed by atoms with E-state index in [0.29, 0.717) is 11.5 Å². The molecule has 0 fully saturated rings. The molecular weight excluding hydrogens is 366 g/mol. The van der Waals surface area contributed by atoms with Crippen LogP contribution in [0.15, 0.2) is 64.1 Å². The third-order valence-corrected chi connectivity index (χ3v) is 4.57. The highest BCUT2D eigenvalue weighted by Crippen LogP contribution is 2.27. The maximum atomic E-state index is 10.2. The number of halogens is 1. The highest BCUT2D eigenvalue weighted by molar-refractivity contribution is 9.10. The van der Waals surface area contributed by atoms with Gasteiger partial charge >= 0.3 is 0 Å². The van der Waals surface area contributed by atoms with Crippen LogP contribution in [-0.2, 0) is 7.05 Å². The van der Waals surface area contributed by atoms with E-state index in [4.69, 9.17) is 0 Å². The fourth-order valence-electron chi connectivity index (χ4n) is 2.81. The number of nitrogens with zero attached hydrogens (tertiary/aromatic N) is 3. The Labute approximate surface area is 147 Å². The fourth-order valence-corrected chi connectivity index (χ4v) is 3.16. The first-order valence-corrected chi connectivity index (χ1v) is 8.29. The number of hydrogen-bond donors (Lipinski definition) is 1. The van der Waals surface area contributed by atoms with Crippen LogP contribution >= 0.6 is 15.9 Å². The first kappa shape index (κ1) is 14.9. The van der Waals surface area contributed by atoms with Crippen molar-refractivity contribution in [2.75, 3.05) is 0 Å². The molecule has 4 aromatic rings. The van der Waals surface area contributed by atoms with Gasteiger partial charge in [0.1, 0.15) is 5.75 Å². The van der Waals surface area contributed by atoms with E-state index < -0.39 is 0 Å². The lowest BCUT2D eigenvalue weighted by Crippen LogP contribution is -1.89. The molecule has 0 aliphatic rings. The van der Waals surface area contributed by atoms with E-state index in [0.717, 1.165) is 26.3 Å². The normalized spacial score (nSPS) is 11.8.